The lowest BCUT2D eigenvalue weighted by Crippen LogP contribution is -2.28. The van der Waals surface area contributed by atoms with Crippen LogP contribution in [0.15, 0.2) is 45.8 Å². The van der Waals surface area contributed by atoms with Gasteiger partial charge in [0.2, 0.25) is 10.0 Å². The van der Waals surface area contributed by atoms with E-state index in [1.165, 1.54) is 22.5 Å². The summed E-state index contributed by atoms with van der Waals surface area (Å²) < 4.78 is 54.0. The molecule has 0 radical (unpaired) electrons. The number of nitrogens with zero attached hydrogens (tertiary/aromatic N) is 1. The van der Waals surface area contributed by atoms with Crippen LogP contribution in [0.1, 0.15) is 23.2 Å². The van der Waals surface area contributed by atoms with Crippen molar-refractivity contribution in [2.24, 2.45) is 0 Å². The third-order valence-corrected chi connectivity index (χ3v) is 6.65. The number of nitrogens with one attached hydrogen (secondary N) is 1. The second kappa shape index (κ2) is 7.42. The van der Waals surface area contributed by atoms with E-state index in [2.05, 4.69) is 21.2 Å². The van der Waals surface area contributed by atoms with Gasteiger partial charge in [-0.15, -0.1) is 0 Å². The Kier molecular flexibility index (Phi) is 5.40. The Labute approximate surface area is 158 Å². The molecule has 1 fully saturated rings. The van der Waals surface area contributed by atoms with Crippen molar-refractivity contribution in [1.29, 1.82) is 0 Å². The molecular formula is C17H15BrF2N2O3S. The number of carbonyl (C=O) groups excluding carboxylic acids is 1. The maximum Gasteiger partial charge on any atom is 0.256 e. The molecule has 0 aliphatic carbocycles. The first kappa shape index (κ1) is 18.9. The number of benzene rings is 2. The SMILES string of the molecule is O=C(Nc1cc(F)ccc1F)c1cc(S(=O)(=O)N2CCCC2)ccc1Br. The molecule has 0 unspecified atom stereocenters. The number of hydrogen-bond donors (Lipinski definition) is 1. The lowest BCUT2D eigenvalue weighted by atomic mass is 10.2. The van der Waals surface area contributed by atoms with Crippen LogP contribution in [0, 0.1) is 11.6 Å². The van der Waals surface area contributed by atoms with Gasteiger partial charge in [-0.1, -0.05) is 0 Å². The summed E-state index contributed by atoms with van der Waals surface area (Å²) in [6, 6.07) is 6.76. The molecule has 1 heterocycles. The van der Waals surface area contributed by atoms with Crippen LogP contribution >= 0.6 is 15.9 Å². The van der Waals surface area contributed by atoms with E-state index in [-0.39, 0.29) is 16.1 Å². The number of amides is 1. The van der Waals surface area contributed by atoms with Crippen LogP contribution < -0.4 is 5.32 Å². The summed E-state index contributed by atoms with van der Waals surface area (Å²) in [5.41, 5.74) is -0.316. The molecule has 138 valence electrons. The second-order valence-corrected chi connectivity index (χ2v) is 8.62. The van der Waals surface area contributed by atoms with Crippen molar-refractivity contribution in [2.45, 2.75) is 17.7 Å². The fourth-order valence-corrected chi connectivity index (χ4v) is 4.67. The van der Waals surface area contributed by atoms with E-state index >= 15 is 0 Å². The standard InChI is InChI=1S/C17H15BrF2N2O3S/c18-14-5-4-12(26(24,25)22-7-1-2-8-22)10-13(14)17(23)21-16-9-11(19)3-6-15(16)20/h3-6,9-10H,1-2,7-8H2,(H,21,23). The van der Waals surface area contributed by atoms with Crippen molar-refractivity contribution in [3.05, 3.63) is 58.1 Å². The number of halogens is 3. The van der Waals surface area contributed by atoms with E-state index < -0.39 is 27.6 Å². The summed E-state index contributed by atoms with van der Waals surface area (Å²) in [7, 11) is -3.70. The topological polar surface area (TPSA) is 66.5 Å². The molecule has 1 saturated heterocycles. The van der Waals surface area contributed by atoms with Crippen LogP contribution in [0.5, 0.6) is 0 Å². The van der Waals surface area contributed by atoms with Gasteiger partial charge in [0.15, 0.2) is 0 Å². The Morgan fingerprint density at radius 3 is 2.46 bits per heavy atom. The van der Waals surface area contributed by atoms with E-state index in [9.17, 15) is 22.0 Å². The van der Waals surface area contributed by atoms with Gasteiger partial charge in [-0.2, -0.15) is 4.31 Å². The molecule has 0 atom stereocenters. The van der Waals surface area contributed by atoms with Gasteiger partial charge in [0.05, 0.1) is 16.1 Å². The lowest BCUT2D eigenvalue weighted by Gasteiger charge is -2.16. The van der Waals surface area contributed by atoms with Crippen LogP contribution in [0.4, 0.5) is 14.5 Å². The third kappa shape index (κ3) is 3.79. The van der Waals surface area contributed by atoms with Gasteiger partial charge < -0.3 is 5.32 Å². The van der Waals surface area contributed by atoms with Crippen LogP contribution in [-0.4, -0.2) is 31.7 Å². The summed E-state index contributed by atoms with van der Waals surface area (Å²) >= 11 is 3.19. The van der Waals surface area contributed by atoms with Gasteiger partial charge in [0.25, 0.3) is 5.91 Å². The molecule has 1 aliphatic heterocycles. The van der Waals surface area contributed by atoms with Crippen LogP contribution in [0.2, 0.25) is 0 Å². The number of rotatable bonds is 4. The third-order valence-electron chi connectivity index (χ3n) is 4.06. The van der Waals surface area contributed by atoms with Gasteiger partial charge in [0.1, 0.15) is 11.6 Å². The second-order valence-electron chi connectivity index (χ2n) is 5.83. The largest absolute Gasteiger partial charge is 0.319 e. The highest BCUT2D eigenvalue weighted by Crippen LogP contribution is 2.26. The molecule has 3 rings (SSSR count). The highest BCUT2D eigenvalue weighted by Gasteiger charge is 2.28. The smallest absolute Gasteiger partial charge is 0.256 e. The Bertz CT molecular complexity index is 960. The zero-order chi connectivity index (χ0) is 18.9. The zero-order valence-electron chi connectivity index (χ0n) is 13.5. The van der Waals surface area contributed by atoms with Crippen LogP contribution in [0.25, 0.3) is 0 Å². The average Bonchev–Trinajstić information content (AvgIpc) is 3.13. The number of sulfonamides is 1. The van der Waals surface area contributed by atoms with E-state index in [1.807, 2.05) is 0 Å². The maximum atomic E-state index is 13.7. The van der Waals surface area contributed by atoms with Crippen molar-refractivity contribution >= 4 is 37.5 Å². The van der Waals surface area contributed by atoms with Gasteiger partial charge in [0, 0.05) is 23.6 Å². The zero-order valence-corrected chi connectivity index (χ0v) is 15.9. The van der Waals surface area contributed by atoms with Crippen molar-refractivity contribution < 1.29 is 22.0 Å². The van der Waals surface area contributed by atoms with Crippen molar-refractivity contribution in [3.8, 4) is 0 Å². The Morgan fingerprint density at radius 2 is 1.77 bits per heavy atom. The van der Waals surface area contributed by atoms with E-state index in [0.29, 0.717) is 17.6 Å². The first-order valence-electron chi connectivity index (χ1n) is 7.85. The highest BCUT2D eigenvalue weighted by molar-refractivity contribution is 9.10. The molecular weight excluding hydrogens is 430 g/mol. The van der Waals surface area contributed by atoms with Gasteiger partial charge in [-0.25, -0.2) is 17.2 Å². The Hall–Kier alpha value is -1.84. The van der Waals surface area contributed by atoms with Crippen molar-refractivity contribution in [2.75, 3.05) is 18.4 Å². The molecule has 2 aromatic rings. The molecule has 0 spiro atoms. The van der Waals surface area contributed by atoms with E-state index in [4.69, 9.17) is 0 Å². The normalized spacial score (nSPS) is 15.2. The van der Waals surface area contributed by atoms with Gasteiger partial charge in [-0.3, -0.25) is 4.79 Å². The highest BCUT2D eigenvalue weighted by atomic mass is 79.9. The summed E-state index contributed by atoms with van der Waals surface area (Å²) in [5, 5.41) is 2.26. The summed E-state index contributed by atoms with van der Waals surface area (Å²) in [6.45, 7) is 0.878. The minimum atomic E-state index is -3.70. The fraction of sp³-hybridized carbons (Fsp3) is 0.235. The van der Waals surface area contributed by atoms with E-state index in [1.54, 1.807) is 0 Å². The molecule has 0 saturated carbocycles. The summed E-state index contributed by atoms with van der Waals surface area (Å²) in [6.07, 6.45) is 1.59. The van der Waals surface area contributed by atoms with Crippen LogP contribution in [0.3, 0.4) is 0 Å². The first-order chi connectivity index (χ1) is 12.3. The predicted molar refractivity (Wildman–Crippen MR) is 96.4 cm³/mol. The Balaban J connectivity index is 1.92. The average molecular weight is 445 g/mol. The summed E-state index contributed by atoms with van der Waals surface area (Å²) in [5.74, 6) is -2.25. The van der Waals surface area contributed by atoms with Gasteiger partial charge in [-0.05, 0) is 59.1 Å². The molecule has 26 heavy (non-hydrogen) atoms. The molecule has 0 bridgehead atoms. The van der Waals surface area contributed by atoms with Gasteiger partial charge >= 0.3 is 0 Å². The molecule has 5 nitrogen and oxygen atoms in total. The Morgan fingerprint density at radius 1 is 1.08 bits per heavy atom. The first-order valence-corrected chi connectivity index (χ1v) is 10.1. The van der Waals surface area contributed by atoms with Crippen molar-refractivity contribution in [3.63, 3.8) is 0 Å². The van der Waals surface area contributed by atoms with Crippen molar-refractivity contribution in [1.82, 2.24) is 4.31 Å². The van der Waals surface area contributed by atoms with Crippen LogP contribution in [-0.2, 0) is 10.0 Å². The molecule has 1 N–H and O–H groups in total. The lowest BCUT2D eigenvalue weighted by molar-refractivity contribution is 0.102. The molecule has 0 aromatic heterocycles. The minimum Gasteiger partial charge on any atom is -0.319 e. The predicted octanol–water partition coefficient (Wildman–Crippen LogP) is 3.76. The monoisotopic (exact) mass is 444 g/mol. The quantitative estimate of drug-likeness (QED) is 0.780. The number of carbonyl (C=O) groups is 1. The summed E-state index contributed by atoms with van der Waals surface area (Å²) in [4.78, 5) is 12.4. The molecule has 1 aliphatic rings. The fourth-order valence-electron chi connectivity index (χ4n) is 2.70. The molecule has 1 amide bonds. The molecule has 2 aromatic carbocycles. The maximum absolute atomic E-state index is 13.7. The van der Waals surface area contributed by atoms with E-state index in [0.717, 1.165) is 31.0 Å². The molecule has 9 heteroatoms. The minimum absolute atomic E-state index is 0.00827. The number of anilines is 1. The number of hydrogen-bond acceptors (Lipinski definition) is 3.